The van der Waals surface area contributed by atoms with Crippen molar-refractivity contribution in [3.63, 3.8) is 0 Å². The zero-order valence-electron chi connectivity index (χ0n) is 22.1. The van der Waals surface area contributed by atoms with E-state index in [9.17, 15) is 22.4 Å². The topological polar surface area (TPSA) is 86.8 Å². The lowest BCUT2D eigenvalue weighted by atomic mass is 10.0. The summed E-state index contributed by atoms with van der Waals surface area (Å²) < 4.78 is 40.2. The number of anilines is 1. The molecule has 0 heterocycles. The number of nitrogens with one attached hydrogen (secondary N) is 1. The summed E-state index contributed by atoms with van der Waals surface area (Å²) in [7, 11) is -2.35. The van der Waals surface area contributed by atoms with Gasteiger partial charge in [0, 0.05) is 20.0 Å². The molecule has 7 nitrogen and oxygen atoms in total. The summed E-state index contributed by atoms with van der Waals surface area (Å²) >= 11 is 0. The summed E-state index contributed by atoms with van der Waals surface area (Å²) in [6, 6.07) is 21.0. The first-order chi connectivity index (χ1) is 18.0. The SMILES string of the molecule is CNC(=O)C(Cc1ccccc1)N(Cc1ccc(F)cc1)C(=O)CN(c1ccc(C(C)C)cc1)S(C)(=O)=O. The van der Waals surface area contributed by atoms with Gasteiger partial charge in [-0.25, -0.2) is 12.8 Å². The first-order valence-electron chi connectivity index (χ1n) is 12.4. The van der Waals surface area contributed by atoms with Crippen molar-refractivity contribution >= 4 is 27.5 Å². The van der Waals surface area contributed by atoms with Gasteiger partial charge in [0.25, 0.3) is 0 Å². The maximum absolute atomic E-state index is 13.8. The highest BCUT2D eigenvalue weighted by Gasteiger charge is 2.32. The lowest BCUT2D eigenvalue weighted by Gasteiger charge is -2.33. The molecule has 3 rings (SSSR count). The van der Waals surface area contributed by atoms with Gasteiger partial charge in [0.15, 0.2) is 0 Å². The fourth-order valence-corrected chi connectivity index (χ4v) is 5.00. The van der Waals surface area contributed by atoms with E-state index in [2.05, 4.69) is 5.32 Å². The molecule has 0 aliphatic carbocycles. The summed E-state index contributed by atoms with van der Waals surface area (Å²) in [6.45, 7) is 3.56. The first kappa shape index (κ1) is 28.8. The minimum absolute atomic E-state index is 0.00603. The fraction of sp³-hybridized carbons (Fsp3) is 0.310. The number of carbonyl (C=O) groups is 2. The molecule has 9 heteroatoms. The van der Waals surface area contributed by atoms with Gasteiger partial charge in [-0.15, -0.1) is 0 Å². The third-order valence-electron chi connectivity index (χ3n) is 6.31. The van der Waals surface area contributed by atoms with Crippen LogP contribution < -0.4 is 9.62 Å². The highest BCUT2D eigenvalue weighted by molar-refractivity contribution is 7.92. The van der Waals surface area contributed by atoms with Crippen LogP contribution in [0.15, 0.2) is 78.9 Å². The standard InChI is InChI=1S/C29H34FN3O4S/c1-21(2)24-12-16-26(17-13-24)33(38(4,36)37)20-28(34)32(19-23-10-14-25(30)15-11-23)27(29(35)31-3)18-22-8-6-5-7-9-22/h5-17,21,27H,18-20H2,1-4H3,(H,31,35). The van der Waals surface area contributed by atoms with Gasteiger partial charge in [-0.2, -0.15) is 0 Å². The molecule has 0 saturated heterocycles. The van der Waals surface area contributed by atoms with Gasteiger partial charge in [0.2, 0.25) is 21.8 Å². The van der Waals surface area contributed by atoms with E-state index in [4.69, 9.17) is 0 Å². The summed E-state index contributed by atoms with van der Waals surface area (Å²) in [5.41, 5.74) is 2.83. The molecule has 0 bridgehead atoms. The quantitative estimate of drug-likeness (QED) is 0.398. The van der Waals surface area contributed by atoms with E-state index in [1.807, 2.05) is 56.3 Å². The summed E-state index contributed by atoms with van der Waals surface area (Å²) in [5, 5.41) is 2.62. The zero-order chi connectivity index (χ0) is 27.9. The van der Waals surface area contributed by atoms with Crippen LogP contribution in [0.2, 0.25) is 0 Å². The smallest absolute Gasteiger partial charge is 0.244 e. The van der Waals surface area contributed by atoms with Gasteiger partial charge in [0.05, 0.1) is 11.9 Å². The Bertz CT molecular complexity index is 1330. The second kappa shape index (κ2) is 12.7. The molecule has 0 aliphatic rings. The monoisotopic (exact) mass is 539 g/mol. The third-order valence-corrected chi connectivity index (χ3v) is 7.45. The maximum atomic E-state index is 13.8. The lowest BCUT2D eigenvalue weighted by Crippen LogP contribution is -2.52. The average molecular weight is 540 g/mol. The minimum atomic E-state index is -3.83. The van der Waals surface area contributed by atoms with E-state index in [1.54, 1.807) is 12.1 Å². The van der Waals surface area contributed by atoms with Crippen LogP contribution in [0.1, 0.15) is 36.5 Å². The molecule has 0 fully saturated rings. The Morgan fingerprint density at radius 1 is 0.895 bits per heavy atom. The largest absolute Gasteiger partial charge is 0.357 e. The Morgan fingerprint density at radius 2 is 1.50 bits per heavy atom. The Balaban J connectivity index is 2.00. The van der Waals surface area contributed by atoms with Crippen LogP contribution in [0, 0.1) is 5.82 Å². The van der Waals surface area contributed by atoms with Gasteiger partial charge in [0.1, 0.15) is 18.4 Å². The van der Waals surface area contributed by atoms with Crippen LogP contribution in [0.5, 0.6) is 0 Å². The van der Waals surface area contributed by atoms with Crippen LogP contribution in [0.25, 0.3) is 0 Å². The summed E-state index contributed by atoms with van der Waals surface area (Å²) in [4.78, 5) is 28.3. The summed E-state index contributed by atoms with van der Waals surface area (Å²) in [6.07, 6.45) is 1.26. The van der Waals surface area contributed by atoms with E-state index in [0.29, 0.717) is 11.3 Å². The number of carbonyl (C=O) groups excluding carboxylic acids is 2. The van der Waals surface area contributed by atoms with Crippen LogP contribution in [0.3, 0.4) is 0 Å². The number of hydrogen-bond acceptors (Lipinski definition) is 4. The Kier molecular flexibility index (Phi) is 9.63. The Hall–Kier alpha value is -3.72. The van der Waals surface area contributed by atoms with E-state index < -0.39 is 40.2 Å². The van der Waals surface area contributed by atoms with E-state index in [0.717, 1.165) is 21.7 Å². The van der Waals surface area contributed by atoms with Gasteiger partial charge < -0.3 is 10.2 Å². The van der Waals surface area contributed by atoms with E-state index >= 15 is 0 Å². The van der Waals surface area contributed by atoms with Crippen LogP contribution >= 0.6 is 0 Å². The predicted molar refractivity (Wildman–Crippen MR) is 148 cm³/mol. The van der Waals surface area contributed by atoms with Crippen molar-refractivity contribution in [3.8, 4) is 0 Å². The molecule has 0 aromatic heterocycles. The molecule has 0 radical (unpaired) electrons. The Morgan fingerprint density at radius 3 is 2.03 bits per heavy atom. The molecular formula is C29H34FN3O4S. The van der Waals surface area contributed by atoms with Crippen molar-refractivity contribution in [2.75, 3.05) is 24.2 Å². The van der Waals surface area contributed by atoms with Crippen molar-refractivity contribution < 1.29 is 22.4 Å². The molecule has 38 heavy (non-hydrogen) atoms. The van der Waals surface area contributed by atoms with Crippen LogP contribution in [-0.2, 0) is 32.6 Å². The van der Waals surface area contributed by atoms with Gasteiger partial charge in [-0.3, -0.25) is 13.9 Å². The van der Waals surface area contributed by atoms with Gasteiger partial charge >= 0.3 is 0 Å². The second-order valence-electron chi connectivity index (χ2n) is 9.48. The molecule has 202 valence electrons. The molecule has 2 amide bonds. The van der Waals surface area contributed by atoms with Crippen LogP contribution in [-0.4, -0.2) is 51.0 Å². The highest BCUT2D eigenvalue weighted by Crippen LogP contribution is 2.23. The van der Waals surface area contributed by atoms with Crippen molar-refractivity contribution in [3.05, 3.63) is 101 Å². The van der Waals surface area contributed by atoms with Crippen molar-refractivity contribution in [1.29, 1.82) is 0 Å². The zero-order valence-corrected chi connectivity index (χ0v) is 22.9. The lowest BCUT2D eigenvalue weighted by molar-refractivity contribution is -0.139. The molecule has 0 spiro atoms. The molecule has 3 aromatic carbocycles. The van der Waals surface area contributed by atoms with Crippen LogP contribution in [0.4, 0.5) is 10.1 Å². The number of benzene rings is 3. The van der Waals surface area contributed by atoms with Gasteiger partial charge in [-0.05, 0) is 46.9 Å². The number of hydrogen-bond donors (Lipinski definition) is 1. The number of amides is 2. The molecular weight excluding hydrogens is 505 g/mol. The Labute approximate surface area is 224 Å². The molecule has 0 aliphatic heterocycles. The maximum Gasteiger partial charge on any atom is 0.244 e. The van der Waals surface area contributed by atoms with E-state index in [1.165, 1.54) is 36.2 Å². The minimum Gasteiger partial charge on any atom is -0.357 e. The van der Waals surface area contributed by atoms with Gasteiger partial charge in [-0.1, -0.05) is 68.4 Å². The number of likely N-dealkylation sites (N-methyl/N-ethyl adjacent to an activating group) is 1. The molecule has 3 aromatic rings. The number of sulfonamides is 1. The second-order valence-corrected chi connectivity index (χ2v) is 11.4. The first-order valence-corrected chi connectivity index (χ1v) is 14.2. The normalized spacial score (nSPS) is 12.2. The average Bonchev–Trinajstić information content (AvgIpc) is 2.89. The fourth-order valence-electron chi connectivity index (χ4n) is 4.15. The number of halogens is 1. The molecule has 1 unspecified atom stereocenters. The summed E-state index contributed by atoms with van der Waals surface area (Å²) in [5.74, 6) is -1.12. The molecule has 1 N–H and O–H groups in total. The van der Waals surface area contributed by atoms with Crippen molar-refractivity contribution in [1.82, 2.24) is 10.2 Å². The third kappa shape index (κ3) is 7.64. The predicted octanol–water partition coefficient (Wildman–Crippen LogP) is 4.10. The van der Waals surface area contributed by atoms with Crippen molar-refractivity contribution in [2.24, 2.45) is 0 Å². The molecule has 1 atom stereocenters. The van der Waals surface area contributed by atoms with E-state index in [-0.39, 0.29) is 18.9 Å². The highest BCUT2D eigenvalue weighted by atomic mass is 32.2. The number of rotatable bonds is 11. The number of nitrogens with zero attached hydrogens (tertiary/aromatic N) is 2. The van der Waals surface area contributed by atoms with Crippen molar-refractivity contribution in [2.45, 2.75) is 38.8 Å². The molecule has 0 saturated carbocycles.